The molecule has 0 amide bonds. The number of hydrogen-bond donors (Lipinski definition) is 0. The summed E-state index contributed by atoms with van der Waals surface area (Å²) < 4.78 is 0. The second-order valence-corrected chi connectivity index (χ2v) is 4.65. The van der Waals surface area contributed by atoms with Gasteiger partial charge >= 0.3 is 0 Å². The summed E-state index contributed by atoms with van der Waals surface area (Å²) in [5.74, 6) is 0. The molecule has 1 aliphatic carbocycles. The van der Waals surface area contributed by atoms with Crippen LogP contribution < -0.4 is 0 Å². The van der Waals surface area contributed by atoms with Crippen molar-refractivity contribution in [3.05, 3.63) is 96.1 Å². The molecule has 4 rings (SSSR count). The molecule has 23 heavy (non-hydrogen) atoms. The van der Waals surface area contributed by atoms with Gasteiger partial charge in [0.2, 0.25) is 0 Å². The first-order valence-electron chi connectivity index (χ1n) is 8.61. The Labute approximate surface area is 141 Å². The summed E-state index contributed by atoms with van der Waals surface area (Å²) in [6, 6.07) is 29.3. The number of fused-ring (bicyclic) bond motifs is 3. The van der Waals surface area contributed by atoms with E-state index in [1.165, 1.54) is 22.3 Å². The Balaban J connectivity index is 0.000000224. The summed E-state index contributed by atoms with van der Waals surface area (Å²) in [6.45, 7) is 8.00. The Morgan fingerprint density at radius 3 is 1.09 bits per heavy atom. The summed E-state index contributed by atoms with van der Waals surface area (Å²) in [6.07, 6.45) is 1.10. The zero-order valence-corrected chi connectivity index (χ0v) is 14.8. The van der Waals surface area contributed by atoms with Crippen LogP contribution in [0.2, 0.25) is 0 Å². The highest BCUT2D eigenvalue weighted by molar-refractivity contribution is 5.76. The third-order valence-electron chi connectivity index (χ3n) is 3.37. The third kappa shape index (κ3) is 5.41. The average molecular weight is 304 g/mol. The van der Waals surface area contributed by atoms with Crippen molar-refractivity contribution in [2.75, 3.05) is 0 Å². The van der Waals surface area contributed by atoms with E-state index in [0.29, 0.717) is 0 Å². The lowest BCUT2D eigenvalue weighted by Gasteiger charge is -1.98. The Hall–Kier alpha value is -2.34. The summed E-state index contributed by atoms with van der Waals surface area (Å²) in [5, 5.41) is 0. The van der Waals surface area contributed by atoms with Crippen molar-refractivity contribution in [1.29, 1.82) is 0 Å². The van der Waals surface area contributed by atoms with E-state index in [-0.39, 0.29) is 0 Å². The molecule has 3 aromatic carbocycles. The van der Waals surface area contributed by atoms with Crippen molar-refractivity contribution >= 4 is 0 Å². The lowest BCUT2D eigenvalue weighted by Crippen LogP contribution is -1.77. The zero-order valence-electron chi connectivity index (χ0n) is 14.8. The number of benzene rings is 3. The van der Waals surface area contributed by atoms with Crippen LogP contribution >= 0.6 is 0 Å². The van der Waals surface area contributed by atoms with Crippen LogP contribution in [0.15, 0.2) is 84.9 Å². The highest BCUT2D eigenvalue weighted by atomic mass is 14.2. The SMILES string of the molecule is CC.CC.c1ccc2c(c1)Cc1ccccc1-2.c1ccccc1. The molecule has 0 saturated heterocycles. The third-order valence-corrected chi connectivity index (χ3v) is 3.37. The molecule has 0 spiro atoms. The molecule has 0 nitrogen and oxygen atoms in total. The van der Waals surface area contributed by atoms with Gasteiger partial charge in [0.15, 0.2) is 0 Å². The van der Waals surface area contributed by atoms with Crippen LogP contribution in [0.1, 0.15) is 38.8 Å². The van der Waals surface area contributed by atoms with Gasteiger partial charge in [-0.15, -0.1) is 0 Å². The van der Waals surface area contributed by atoms with E-state index in [4.69, 9.17) is 0 Å². The molecule has 3 aromatic rings. The van der Waals surface area contributed by atoms with E-state index in [1.807, 2.05) is 64.1 Å². The molecule has 120 valence electrons. The highest BCUT2D eigenvalue weighted by Gasteiger charge is 2.15. The lowest BCUT2D eigenvalue weighted by atomic mass is 10.1. The molecule has 0 bridgehead atoms. The summed E-state index contributed by atoms with van der Waals surface area (Å²) in [7, 11) is 0. The first-order valence-corrected chi connectivity index (χ1v) is 8.61. The largest absolute Gasteiger partial charge is 0.0683 e. The first kappa shape index (κ1) is 18.7. The molecule has 0 aromatic heterocycles. The maximum absolute atomic E-state index is 2.22. The first-order chi connectivity index (χ1) is 11.4. The smallest absolute Gasteiger partial charge is 0.00135 e. The van der Waals surface area contributed by atoms with E-state index in [9.17, 15) is 0 Å². The van der Waals surface area contributed by atoms with E-state index in [0.717, 1.165) is 6.42 Å². The van der Waals surface area contributed by atoms with Gasteiger partial charge in [0.1, 0.15) is 0 Å². The molecule has 0 heterocycles. The van der Waals surface area contributed by atoms with Gasteiger partial charge in [-0.25, -0.2) is 0 Å². The van der Waals surface area contributed by atoms with E-state index < -0.39 is 0 Å². The fourth-order valence-corrected chi connectivity index (χ4v) is 2.46. The van der Waals surface area contributed by atoms with Crippen molar-refractivity contribution in [2.24, 2.45) is 0 Å². The predicted molar refractivity (Wildman–Crippen MR) is 104 cm³/mol. The van der Waals surface area contributed by atoms with Crippen molar-refractivity contribution < 1.29 is 0 Å². The van der Waals surface area contributed by atoms with Gasteiger partial charge in [0.05, 0.1) is 0 Å². The van der Waals surface area contributed by atoms with Crippen LogP contribution in [0, 0.1) is 0 Å². The van der Waals surface area contributed by atoms with Gasteiger partial charge in [0, 0.05) is 0 Å². The Bertz CT molecular complexity index is 583. The molecule has 0 N–H and O–H groups in total. The van der Waals surface area contributed by atoms with Crippen LogP contribution in [0.3, 0.4) is 0 Å². The van der Waals surface area contributed by atoms with Gasteiger partial charge in [-0.2, -0.15) is 0 Å². The Morgan fingerprint density at radius 1 is 0.435 bits per heavy atom. The van der Waals surface area contributed by atoms with Crippen molar-refractivity contribution in [3.63, 3.8) is 0 Å². The van der Waals surface area contributed by atoms with Gasteiger partial charge < -0.3 is 0 Å². The van der Waals surface area contributed by atoms with Gasteiger partial charge in [0.25, 0.3) is 0 Å². The molecule has 0 unspecified atom stereocenters. The van der Waals surface area contributed by atoms with Crippen LogP contribution in [-0.4, -0.2) is 0 Å². The normalized spacial score (nSPS) is 9.57. The maximum atomic E-state index is 2.22. The van der Waals surface area contributed by atoms with Gasteiger partial charge in [-0.3, -0.25) is 0 Å². The molecule has 0 aliphatic heterocycles. The fraction of sp³-hybridized carbons (Fsp3) is 0.217. The quantitative estimate of drug-likeness (QED) is 0.328. The minimum absolute atomic E-state index is 1.10. The Morgan fingerprint density at radius 2 is 0.739 bits per heavy atom. The Kier molecular flexibility index (Phi) is 9.16. The second-order valence-electron chi connectivity index (χ2n) is 4.65. The fourth-order valence-electron chi connectivity index (χ4n) is 2.46. The monoisotopic (exact) mass is 304 g/mol. The molecule has 0 saturated carbocycles. The molecule has 1 aliphatic rings. The zero-order chi connectivity index (χ0) is 16.9. The molecule has 0 radical (unpaired) electrons. The predicted octanol–water partition coefficient (Wildman–Crippen LogP) is 7.00. The van der Waals surface area contributed by atoms with E-state index >= 15 is 0 Å². The maximum Gasteiger partial charge on any atom is -0.00135 e. The van der Waals surface area contributed by atoms with Crippen LogP contribution in [0.4, 0.5) is 0 Å². The van der Waals surface area contributed by atoms with Crippen molar-refractivity contribution in [2.45, 2.75) is 34.1 Å². The summed E-state index contributed by atoms with van der Waals surface area (Å²) >= 11 is 0. The molecule has 0 heteroatoms. The van der Waals surface area contributed by atoms with Crippen LogP contribution in [0.25, 0.3) is 11.1 Å². The number of rotatable bonds is 0. The minimum atomic E-state index is 1.10. The van der Waals surface area contributed by atoms with Gasteiger partial charge in [-0.1, -0.05) is 113 Å². The minimum Gasteiger partial charge on any atom is -0.0683 e. The lowest BCUT2D eigenvalue weighted by molar-refractivity contribution is 1.26. The molecular formula is C23H28. The second kappa shape index (κ2) is 11.3. The van der Waals surface area contributed by atoms with Crippen LogP contribution in [0.5, 0.6) is 0 Å². The van der Waals surface area contributed by atoms with Gasteiger partial charge in [-0.05, 0) is 28.7 Å². The topological polar surface area (TPSA) is 0 Å². The van der Waals surface area contributed by atoms with E-state index in [1.54, 1.807) is 0 Å². The van der Waals surface area contributed by atoms with E-state index in [2.05, 4.69) is 48.5 Å². The number of hydrogen-bond acceptors (Lipinski definition) is 0. The summed E-state index contributed by atoms with van der Waals surface area (Å²) in [4.78, 5) is 0. The molecule has 0 atom stereocenters. The molecular weight excluding hydrogens is 276 g/mol. The molecule has 0 fully saturated rings. The van der Waals surface area contributed by atoms with Crippen LogP contribution in [-0.2, 0) is 6.42 Å². The van der Waals surface area contributed by atoms with Crippen molar-refractivity contribution in [1.82, 2.24) is 0 Å². The summed E-state index contributed by atoms with van der Waals surface area (Å²) in [5.41, 5.74) is 5.75. The standard InChI is InChI=1S/C13H10.C6H6.2C2H6/c1-3-7-12-10(5-1)9-11-6-2-4-8-13(11)12;1-2-4-6-5-3-1;2*1-2/h1-8H,9H2;1-6H;2*1-2H3. The van der Waals surface area contributed by atoms with Crippen molar-refractivity contribution in [3.8, 4) is 11.1 Å². The average Bonchev–Trinajstić information content (AvgIpc) is 3.06. The highest BCUT2D eigenvalue weighted by Crippen LogP contribution is 2.35.